The van der Waals surface area contributed by atoms with Crippen LogP contribution in [-0.4, -0.2) is 23.6 Å². The first kappa shape index (κ1) is 17.7. The Hall–Kier alpha value is -3.15. The van der Waals surface area contributed by atoms with Crippen molar-refractivity contribution in [2.45, 2.75) is 13.3 Å². The number of para-hydroxylation sites is 1. The molecule has 0 amide bonds. The quantitative estimate of drug-likeness (QED) is 0.663. The number of methoxy groups -OCH3 is 1. The maximum Gasteiger partial charge on any atom is 0.146 e. The molecule has 2 aromatic carbocycles. The van der Waals surface area contributed by atoms with Gasteiger partial charge in [-0.1, -0.05) is 24.3 Å². The Kier molecular flexibility index (Phi) is 5.63. The van der Waals surface area contributed by atoms with Gasteiger partial charge in [0.2, 0.25) is 0 Å². The highest BCUT2D eigenvalue weighted by atomic mass is 19.1. The molecule has 0 spiro atoms. The van der Waals surface area contributed by atoms with E-state index in [9.17, 15) is 4.39 Å². The molecule has 134 valence electrons. The summed E-state index contributed by atoms with van der Waals surface area (Å²) in [6.45, 7) is 2.52. The zero-order valence-electron chi connectivity index (χ0n) is 14.8. The van der Waals surface area contributed by atoms with Gasteiger partial charge in [0.1, 0.15) is 29.0 Å². The van der Waals surface area contributed by atoms with E-state index in [2.05, 4.69) is 26.7 Å². The zero-order chi connectivity index (χ0) is 18.4. The molecule has 0 atom stereocenters. The number of halogens is 1. The van der Waals surface area contributed by atoms with Gasteiger partial charge >= 0.3 is 0 Å². The Morgan fingerprint density at radius 1 is 1.00 bits per heavy atom. The topological polar surface area (TPSA) is 59.1 Å². The minimum absolute atomic E-state index is 0.323. The lowest BCUT2D eigenvalue weighted by Crippen LogP contribution is -2.08. The van der Waals surface area contributed by atoms with Gasteiger partial charge in [-0.15, -0.1) is 0 Å². The van der Waals surface area contributed by atoms with E-state index >= 15 is 0 Å². The van der Waals surface area contributed by atoms with E-state index in [1.807, 2.05) is 18.2 Å². The van der Waals surface area contributed by atoms with Crippen molar-refractivity contribution in [3.05, 3.63) is 71.8 Å². The fourth-order valence-electron chi connectivity index (χ4n) is 2.59. The van der Waals surface area contributed by atoms with Crippen LogP contribution in [0.4, 0.5) is 21.7 Å². The van der Waals surface area contributed by atoms with Crippen molar-refractivity contribution in [3.8, 4) is 5.75 Å². The van der Waals surface area contributed by atoms with Crippen LogP contribution in [-0.2, 0) is 6.42 Å². The van der Waals surface area contributed by atoms with Gasteiger partial charge in [0.25, 0.3) is 0 Å². The van der Waals surface area contributed by atoms with Gasteiger partial charge in [0.15, 0.2) is 0 Å². The van der Waals surface area contributed by atoms with Crippen molar-refractivity contribution in [3.63, 3.8) is 0 Å². The summed E-state index contributed by atoms with van der Waals surface area (Å²) in [5.74, 6) is 2.37. The summed E-state index contributed by atoms with van der Waals surface area (Å²) in [7, 11) is 1.66. The van der Waals surface area contributed by atoms with E-state index in [4.69, 9.17) is 4.74 Å². The molecule has 0 saturated carbocycles. The minimum atomic E-state index is -0.323. The third kappa shape index (κ3) is 4.69. The first-order valence-electron chi connectivity index (χ1n) is 8.38. The Morgan fingerprint density at radius 3 is 2.62 bits per heavy atom. The van der Waals surface area contributed by atoms with E-state index in [1.165, 1.54) is 11.6 Å². The molecule has 26 heavy (non-hydrogen) atoms. The number of rotatable bonds is 7. The zero-order valence-corrected chi connectivity index (χ0v) is 14.8. The Bertz CT molecular complexity index is 885. The highest BCUT2D eigenvalue weighted by Crippen LogP contribution is 2.20. The van der Waals surface area contributed by atoms with Gasteiger partial charge in [0.05, 0.1) is 12.8 Å². The predicted molar refractivity (Wildman–Crippen MR) is 102 cm³/mol. The number of benzene rings is 2. The van der Waals surface area contributed by atoms with Crippen molar-refractivity contribution < 1.29 is 9.13 Å². The second kappa shape index (κ2) is 8.29. The lowest BCUT2D eigenvalue weighted by molar-refractivity contribution is 0.414. The third-order valence-electron chi connectivity index (χ3n) is 3.83. The average Bonchev–Trinajstić information content (AvgIpc) is 2.63. The third-order valence-corrected chi connectivity index (χ3v) is 3.83. The molecule has 2 N–H and O–H groups in total. The van der Waals surface area contributed by atoms with Gasteiger partial charge in [-0.05, 0) is 43.2 Å². The first-order chi connectivity index (χ1) is 12.6. The van der Waals surface area contributed by atoms with Crippen molar-refractivity contribution in [1.82, 2.24) is 9.97 Å². The van der Waals surface area contributed by atoms with E-state index in [0.717, 1.165) is 12.2 Å². The fourth-order valence-corrected chi connectivity index (χ4v) is 2.59. The second-order valence-corrected chi connectivity index (χ2v) is 5.82. The highest BCUT2D eigenvalue weighted by Gasteiger charge is 2.05. The molecule has 1 aromatic heterocycles. The fraction of sp³-hybridized carbons (Fsp3) is 0.200. The number of hydrogen-bond acceptors (Lipinski definition) is 5. The molecule has 1 heterocycles. The van der Waals surface area contributed by atoms with Crippen LogP contribution >= 0.6 is 0 Å². The smallest absolute Gasteiger partial charge is 0.146 e. The molecule has 5 nitrogen and oxygen atoms in total. The number of ether oxygens (including phenoxy) is 1. The van der Waals surface area contributed by atoms with Gasteiger partial charge in [-0.2, -0.15) is 0 Å². The largest absolute Gasteiger partial charge is 0.497 e. The van der Waals surface area contributed by atoms with Gasteiger partial charge in [-0.25, -0.2) is 14.4 Å². The lowest BCUT2D eigenvalue weighted by atomic mass is 10.1. The van der Waals surface area contributed by atoms with Gasteiger partial charge < -0.3 is 15.4 Å². The van der Waals surface area contributed by atoms with Crippen molar-refractivity contribution >= 4 is 17.3 Å². The molecule has 3 rings (SSSR count). The molecule has 0 aliphatic rings. The Balaban J connectivity index is 1.65. The van der Waals surface area contributed by atoms with E-state index in [1.54, 1.807) is 38.3 Å². The van der Waals surface area contributed by atoms with Crippen molar-refractivity contribution in [1.29, 1.82) is 0 Å². The maximum absolute atomic E-state index is 13.8. The first-order valence-corrected chi connectivity index (χ1v) is 8.38. The summed E-state index contributed by atoms with van der Waals surface area (Å²) in [5.41, 5.74) is 1.56. The van der Waals surface area contributed by atoms with Crippen LogP contribution in [0.5, 0.6) is 5.75 Å². The van der Waals surface area contributed by atoms with Crippen LogP contribution in [0, 0.1) is 12.7 Å². The standard InChI is InChI=1S/C20H21FN4O/c1-14-23-19(22-11-10-15-6-5-7-16(12-15)26-2)13-20(24-14)25-18-9-4-3-8-17(18)21/h3-9,12-13H,10-11H2,1-2H3,(H2,22,23,24,25). The number of aromatic nitrogens is 2. The van der Waals surface area contributed by atoms with Crippen LogP contribution in [0.1, 0.15) is 11.4 Å². The Morgan fingerprint density at radius 2 is 1.81 bits per heavy atom. The molecule has 0 aliphatic carbocycles. The second-order valence-electron chi connectivity index (χ2n) is 5.82. The molecule has 0 fully saturated rings. The predicted octanol–water partition coefficient (Wildman–Crippen LogP) is 4.33. The van der Waals surface area contributed by atoms with E-state index in [-0.39, 0.29) is 5.82 Å². The van der Waals surface area contributed by atoms with Gasteiger partial charge in [0, 0.05) is 12.6 Å². The summed E-state index contributed by atoms with van der Waals surface area (Å²) in [6, 6.07) is 16.2. The van der Waals surface area contributed by atoms with Crippen LogP contribution in [0.3, 0.4) is 0 Å². The molecule has 6 heteroatoms. The molecule has 0 unspecified atom stereocenters. The summed E-state index contributed by atoms with van der Waals surface area (Å²) < 4.78 is 19.0. The molecular weight excluding hydrogens is 331 g/mol. The van der Waals surface area contributed by atoms with Crippen molar-refractivity contribution in [2.24, 2.45) is 0 Å². The average molecular weight is 352 g/mol. The number of anilines is 3. The molecule has 0 aliphatic heterocycles. The Labute approximate surface area is 152 Å². The van der Waals surface area contributed by atoms with E-state index < -0.39 is 0 Å². The van der Waals surface area contributed by atoms with Crippen LogP contribution in [0.15, 0.2) is 54.6 Å². The summed E-state index contributed by atoms with van der Waals surface area (Å²) in [6.07, 6.45) is 0.830. The minimum Gasteiger partial charge on any atom is -0.497 e. The molecule has 0 radical (unpaired) electrons. The number of nitrogens with zero attached hydrogens (tertiary/aromatic N) is 2. The SMILES string of the molecule is COc1cccc(CCNc2cc(Nc3ccccc3F)nc(C)n2)c1. The van der Waals surface area contributed by atoms with Crippen LogP contribution in [0.25, 0.3) is 0 Å². The maximum atomic E-state index is 13.8. The molecule has 0 saturated heterocycles. The lowest BCUT2D eigenvalue weighted by Gasteiger charge is -2.11. The number of hydrogen-bond donors (Lipinski definition) is 2. The van der Waals surface area contributed by atoms with Crippen molar-refractivity contribution in [2.75, 3.05) is 24.3 Å². The van der Waals surface area contributed by atoms with E-state index in [0.29, 0.717) is 29.7 Å². The summed E-state index contributed by atoms with van der Waals surface area (Å²) in [5, 5.41) is 6.28. The highest BCUT2D eigenvalue weighted by molar-refractivity contribution is 5.59. The number of nitrogens with one attached hydrogen (secondary N) is 2. The van der Waals surface area contributed by atoms with Crippen LogP contribution < -0.4 is 15.4 Å². The molecule has 3 aromatic rings. The molecular formula is C20H21FN4O. The van der Waals surface area contributed by atoms with Gasteiger partial charge in [-0.3, -0.25) is 0 Å². The van der Waals surface area contributed by atoms with Crippen LogP contribution in [0.2, 0.25) is 0 Å². The normalized spacial score (nSPS) is 10.4. The summed E-state index contributed by atoms with van der Waals surface area (Å²) in [4.78, 5) is 8.70. The summed E-state index contributed by atoms with van der Waals surface area (Å²) >= 11 is 0. The monoisotopic (exact) mass is 352 g/mol. The number of aryl methyl sites for hydroxylation is 1. The molecule has 0 bridgehead atoms.